The lowest BCUT2D eigenvalue weighted by atomic mass is 9.99. The van der Waals surface area contributed by atoms with Crippen molar-refractivity contribution < 1.29 is 0 Å². The summed E-state index contributed by atoms with van der Waals surface area (Å²) >= 11 is 0. The predicted molar refractivity (Wildman–Crippen MR) is 86.1 cm³/mol. The molecule has 20 heavy (non-hydrogen) atoms. The van der Waals surface area contributed by atoms with Gasteiger partial charge >= 0.3 is 0 Å². The summed E-state index contributed by atoms with van der Waals surface area (Å²) in [6.07, 6.45) is 4.31. The van der Waals surface area contributed by atoms with Gasteiger partial charge < -0.3 is 0 Å². The highest BCUT2D eigenvalue weighted by Crippen LogP contribution is 2.24. The molecule has 0 aromatic heterocycles. The summed E-state index contributed by atoms with van der Waals surface area (Å²) in [4.78, 5) is 0. The first-order valence-corrected chi connectivity index (χ1v) is 6.72. The Hall–Kier alpha value is -2.60. The van der Waals surface area contributed by atoms with Crippen LogP contribution in [0.15, 0.2) is 78.9 Å². The van der Waals surface area contributed by atoms with Gasteiger partial charge in [-0.3, -0.25) is 0 Å². The second-order valence-electron chi connectivity index (χ2n) is 4.62. The summed E-state index contributed by atoms with van der Waals surface area (Å²) in [5.74, 6) is 0. The van der Waals surface area contributed by atoms with Crippen molar-refractivity contribution in [2.75, 3.05) is 0 Å². The van der Waals surface area contributed by atoms with E-state index in [9.17, 15) is 0 Å². The Kier molecular flexibility index (Phi) is 3.75. The Morgan fingerprint density at radius 2 is 1.35 bits per heavy atom. The monoisotopic (exact) mass is 255 g/mol. The van der Waals surface area contributed by atoms with Crippen LogP contribution in [-0.4, -0.2) is 0 Å². The van der Waals surface area contributed by atoms with Gasteiger partial charge in [-0.1, -0.05) is 91.0 Å². The minimum atomic E-state index is 1.21. The average Bonchev–Trinajstić information content (AvgIpc) is 2.55. The Morgan fingerprint density at radius 1 is 0.650 bits per heavy atom. The van der Waals surface area contributed by atoms with Gasteiger partial charge in [0, 0.05) is 0 Å². The number of benzene rings is 3. The smallest absolute Gasteiger partial charge is 0.0111 e. The summed E-state index contributed by atoms with van der Waals surface area (Å²) in [6.45, 7) is 0. The molecule has 0 heteroatoms. The molecule has 0 N–H and O–H groups in total. The van der Waals surface area contributed by atoms with Crippen LogP contribution in [0.3, 0.4) is 0 Å². The highest BCUT2D eigenvalue weighted by molar-refractivity contribution is 5.80. The summed E-state index contributed by atoms with van der Waals surface area (Å²) < 4.78 is 0. The molecule has 3 rings (SSSR count). The average molecular weight is 255 g/mol. The Labute approximate surface area is 120 Å². The van der Waals surface area contributed by atoms with Gasteiger partial charge in [-0.25, -0.2) is 0 Å². The molecule has 0 spiro atoms. The van der Waals surface area contributed by atoms with Gasteiger partial charge in [0.15, 0.2) is 0 Å². The van der Waals surface area contributed by atoms with Gasteiger partial charge in [0.1, 0.15) is 0 Å². The first kappa shape index (κ1) is 12.4. The van der Waals surface area contributed by atoms with Crippen LogP contribution >= 0.6 is 0 Å². The Balaban J connectivity index is 1.97. The molecule has 95 valence electrons. The zero-order valence-electron chi connectivity index (χ0n) is 11.2. The third kappa shape index (κ3) is 2.86. The highest BCUT2D eigenvalue weighted by atomic mass is 14.0. The number of hydrogen-bond donors (Lipinski definition) is 0. The molecular formula is C20H15. The molecule has 0 saturated heterocycles. The van der Waals surface area contributed by atoms with Crippen molar-refractivity contribution in [3.63, 3.8) is 0 Å². The van der Waals surface area contributed by atoms with Gasteiger partial charge in [-0.05, 0) is 28.3 Å². The number of rotatable bonds is 3. The Bertz CT molecular complexity index is 694. The minimum Gasteiger partial charge on any atom is -0.0622 e. The van der Waals surface area contributed by atoms with E-state index in [1.54, 1.807) is 0 Å². The Morgan fingerprint density at radius 3 is 2.15 bits per heavy atom. The minimum absolute atomic E-state index is 1.21. The summed E-state index contributed by atoms with van der Waals surface area (Å²) in [5.41, 5.74) is 4.90. The fraction of sp³-hybridized carbons (Fsp3) is 0. The highest BCUT2D eigenvalue weighted by Gasteiger charge is 2.00. The van der Waals surface area contributed by atoms with E-state index in [0.717, 1.165) is 0 Å². The second-order valence-corrected chi connectivity index (χ2v) is 4.62. The molecule has 0 atom stereocenters. The number of hydrogen-bond acceptors (Lipinski definition) is 0. The van der Waals surface area contributed by atoms with Gasteiger partial charge in [0.25, 0.3) is 0 Å². The molecule has 0 heterocycles. The zero-order valence-corrected chi connectivity index (χ0v) is 11.2. The summed E-state index contributed by atoms with van der Waals surface area (Å²) in [5, 5.41) is 0. The van der Waals surface area contributed by atoms with Gasteiger partial charge in [-0.2, -0.15) is 0 Å². The first-order valence-electron chi connectivity index (χ1n) is 6.72. The van der Waals surface area contributed by atoms with Crippen LogP contribution in [0.4, 0.5) is 0 Å². The molecular weight excluding hydrogens is 240 g/mol. The van der Waals surface area contributed by atoms with Crippen molar-refractivity contribution in [3.8, 4) is 11.1 Å². The van der Waals surface area contributed by atoms with Crippen molar-refractivity contribution >= 4 is 12.2 Å². The lowest BCUT2D eigenvalue weighted by Crippen LogP contribution is -1.82. The van der Waals surface area contributed by atoms with Crippen LogP contribution in [0, 0.1) is 6.07 Å². The van der Waals surface area contributed by atoms with E-state index in [0.29, 0.717) is 0 Å². The van der Waals surface area contributed by atoms with E-state index in [1.165, 1.54) is 22.3 Å². The van der Waals surface area contributed by atoms with E-state index in [2.05, 4.69) is 78.9 Å². The molecule has 0 aliphatic heterocycles. The third-order valence-electron chi connectivity index (χ3n) is 3.24. The van der Waals surface area contributed by atoms with Crippen molar-refractivity contribution in [1.82, 2.24) is 0 Å². The molecule has 0 saturated carbocycles. The molecule has 3 aromatic carbocycles. The first-order chi connectivity index (χ1) is 9.93. The van der Waals surface area contributed by atoms with Gasteiger partial charge in [0.05, 0.1) is 0 Å². The van der Waals surface area contributed by atoms with E-state index >= 15 is 0 Å². The van der Waals surface area contributed by atoms with Crippen LogP contribution in [0.2, 0.25) is 0 Å². The third-order valence-corrected chi connectivity index (χ3v) is 3.24. The maximum atomic E-state index is 3.06. The molecule has 0 unspecified atom stereocenters. The normalized spacial score (nSPS) is 10.8. The molecule has 0 aliphatic rings. The van der Waals surface area contributed by atoms with E-state index in [-0.39, 0.29) is 0 Å². The standard InChI is InChI=1S/C20H15/c1-3-9-17(10-4-1)15-16-19-13-7-8-14-20(19)18-11-5-2-6-12-18/h1,3-16H/b16-15+. The molecule has 0 fully saturated rings. The fourth-order valence-electron chi connectivity index (χ4n) is 2.22. The largest absolute Gasteiger partial charge is 0.0622 e. The van der Waals surface area contributed by atoms with E-state index in [4.69, 9.17) is 0 Å². The molecule has 0 nitrogen and oxygen atoms in total. The second kappa shape index (κ2) is 6.03. The summed E-state index contributed by atoms with van der Waals surface area (Å²) in [7, 11) is 0. The van der Waals surface area contributed by atoms with Crippen LogP contribution < -0.4 is 0 Å². The lowest BCUT2D eigenvalue weighted by Gasteiger charge is -2.05. The summed E-state index contributed by atoms with van der Waals surface area (Å²) in [6, 6.07) is 30.0. The topological polar surface area (TPSA) is 0 Å². The van der Waals surface area contributed by atoms with Crippen LogP contribution in [0.5, 0.6) is 0 Å². The predicted octanol–water partition coefficient (Wildman–Crippen LogP) is 5.32. The van der Waals surface area contributed by atoms with Crippen LogP contribution in [0.1, 0.15) is 11.1 Å². The molecule has 0 aliphatic carbocycles. The molecule has 0 amide bonds. The maximum absolute atomic E-state index is 3.06. The molecule has 0 bridgehead atoms. The van der Waals surface area contributed by atoms with Crippen molar-refractivity contribution in [2.45, 2.75) is 0 Å². The molecule has 3 aromatic rings. The van der Waals surface area contributed by atoms with Gasteiger partial charge in [-0.15, -0.1) is 0 Å². The van der Waals surface area contributed by atoms with E-state index < -0.39 is 0 Å². The van der Waals surface area contributed by atoms with Crippen LogP contribution in [0.25, 0.3) is 23.3 Å². The quantitative estimate of drug-likeness (QED) is 0.555. The van der Waals surface area contributed by atoms with Gasteiger partial charge in [0.2, 0.25) is 0 Å². The van der Waals surface area contributed by atoms with Crippen molar-refractivity contribution in [2.24, 2.45) is 0 Å². The fourth-order valence-corrected chi connectivity index (χ4v) is 2.22. The van der Waals surface area contributed by atoms with Crippen molar-refractivity contribution in [3.05, 3.63) is 96.1 Å². The maximum Gasteiger partial charge on any atom is -0.0111 e. The molecule has 1 radical (unpaired) electrons. The van der Waals surface area contributed by atoms with E-state index in [1.807, 2.05) is 18.2 Å². The SMILES string of the molecule is [c]1ccc(-c2ccccc2/C=C/c2ccccc2)cc1. The lowest BCUT2D eigenvalue weighted by molar-refractivity contribution is 1.59. The van der Waals surface area contributed by atoms with Crippen LogP contribution in [-0.2, 0) is 0 Å². The zero-order chi connectivity index (χ0) is 13.6. The van der Waals surface area contributed by atoms with Crippen molar-refractivity contribution in [1.29, 1.82) is 0 Å².